The van der Waals surface area contributed by atoms with Crippen molar-refractivity contribution in [3.8, 4) is 0 Å². The Morgan fingerprint density at radius 1 is 1.44 bits per heavy atom. The lowest BCUT2D eigenvalue weighted by Crippen LogP contribution is -2.51. The number of rotatable bonds is 5. The smallest absolute Gasteiger partial charge is 0.334 e. The highest BCUT2D eigenvalue weighted by atomic mass is 16.4. The molecule has 0 aliphatic carbocycles. The summed E-state index contributed by atoms with van der Waals surface area (Å²) in [5.41, 5.74) is 0. The Morgan fingerprint density at radius 2 is 2.06 bits per heavy atom. The van der Waals surface area contributed by atoms with Gasteiger partial charge in [0.2, 0.25) is 0 Å². The van der Waals surface area contributed by atoms with E-state index in [0.29, 0.717) is 6.54 Å². The van der Waals surface area contributed by atoms with Crippen molar-refractivity contribution in [2.45, 2.75) is 31.9 Å². The van der Waals surface area contributed by atoms with E-state index in [0.717, 1.165) is 25.9 Å². The first-order valence-corrected chi connectivity index (χ1v) is 6.22. The number of aliphatic hydroxyl groups is 1. The van der Waals surface area contributed by atoms with E-state index in [9.17, 15) is 9.59 Å². The summed E-state index contributed by atoms with van der Waals surface area (Å²) in [5, 5.41) is 23.3. The number of hydrogen-bond acceptors (Lipinski definition) is 4. The van der Waals surface area contributed by atoms with Crippen molar-refractivity contribution in [3.63, 3.8) is 0 Å². The topological polar surface area (TPSA) is 102 Å². The molecule has 0 aromatic rings. The van der Waals surface area contributed by atoms with Gasteiger partial charge in [-0.05, 0) is 32.9 Å². The van der Waals surface area contributed by atoms with Crippen LogP contribution in [0.25, 0.3) is 0 Å². The van der Waals surface area contributed by atoms with Crippen LogP contribution in [0.1, 0.15) is 19.8 Å². The zero-order chi connectivity index (χ0) is 13.5. The molecule has 1 rings (SSSR count). The Labute approximate surface area is 106 Å². The molecular weight excluding hydrogens is 238 g/mol. The van der Waals surface area contributed by atoms with Crippen LogP contribution in [0.15, 0.2) is 0 Å². The first kappa shape index (κ1) is 14.7. The molecule has 104 valence electrons. The lowest BCUT2D eigenvalue weighted by Gasteiger charge is -2.34. The van der Waals surface area contributed by atoms with Gasteiger partial charge in [-0.25, -0.2) is 9.59 Å². The Morgan fingerprint density at radius 3 is 2.56 bits per heavy atom. The number of carboxylic acid groups (broad SMARTS) is 1. The van der Waals surface area contributed by atoms with Crippen molar-refractivity contribution in [2.75, 3.05) is 26.2 Å². The second-order valence-corrected chi connectivity index (χ2v) is 4.31. The molecule has 1 saturated heterocycles. The molecule has 7 heteroatoms. The Bertz CT molecular complexity index is 292. The molecule has 0 aromatic heterocycles. The Balaban J connectivity index is 2.43. The molecule has 18 heavy (non-hydrogen) atoms. The Kier molecular flexibility index (Phi) is 5.87. The lowest BCUT2D eigenvalue weighted by atomic mass is 10.1. The van der Waals surface area contributed by atoms with Gasteiger partial charge >= 0.3 is 12.0 Å². The summed E-state index contributed by atoms with van der Waals surface area (Å²) in [6.45, 7) is 3.95. The summed E-state index contributed by atoms with van der Waals surface area (Å²) in [7, 11) is 0. The number of carboxylic acids is 1. The summed E-state index contributed by atoms with van der Waals surface area (Å²) in [5.74, 6) is -1.33. The number of amides is 2. The van der Waals surface area contributed by atoms with Crippen molar-refractivity contribution in [3.05, 3.63) is 0 Å². The molecule has 0 aromatic carbocycles. The second-order valence-electron chi connectivity index (χ2n) is 4.31. The van der Waals surface area contributed by atoms with Gasteiger partial charge in [-0.3, -0.25) is 0 Å². The second kappa shape index (κ2) is 7.17. The number of nitrogens with one attached hydrogen (secondary N) is 2. The zero-order valence-corrected chi connectivity index (χ0v) is 10.6. The van der Waals surface area contributed by atoms with E-state index in [-0.39, 0.29) is 18.6 Å². The number of carbonyl (C=O) groups excluding carboxylic acids is 1. The summed E-state index contributed by atoms with van der Waals surface area (Å²) in [6, 6.07) is -0.136. The van der Waals surface area contributed by atoms with Crippen molar-refractivity contribution >= 4 is 12.0 Å². The van der Waals surface area contributed by atoms with Crippen LogP contribution in [0.4, 0.5) is 4.79 Å². The van der Waals surface area contributed by atoms with Gasteiger partial charge in [0, 0.05) is 12.6 Å². The predicted molar refractivity (Wildman–Crippen MR) is 65.3 cm³/mol. The fourth-order valence-corrected chi connectivity index (χ4v) is 2.06. The molecule has 1 heterocycles. The molecule has 7 nitrogen and oxygen atoms in total. The summed E-state index contributed by atoms with van der Waals surface area (Å²) < 4.78 is 0. The monoisotopic (exact) mass is 259 g/mol. The maximum absolute atomic E-state index is 11.9. The number of urea groups is 1. The molecule has 1 aliphatic heterocycles. The first-order valence-electron chi connectivity index (χ1n) is 6.22. The quantitative estimate of drug-likeness (QED) is 0.518. The average Bonchev–Trinajstić information content (AvgIpc) is 2.38. The molecule has 0 spiro atoms. The van der Waals surface area contributed by atoms with Gasteiger partial charge in [-0.1, -0.05) is 0 Å². The molecule has 1 unspecified atom stereocenters. The number of nitrogens with zero attached hydrogens (tertiary/aromatic N) is 1. The minimum atomic E-state index is -1.55. The van der Waals surface area contributed by atoms with Gasteiger partial charge in [-0.2, -0.15) is 0 Å². The molecule has 0 saturated carbocycles. The van der Waals surface area contributed by atoms with E-state index in [2.05, 4.69) is 10.6 Å². The average molecular weight is 259 g/mol. The molecule has 4 N–H and O–H groups in total. The van der Waals surface area contributed by atoms with Gasteiger partial charge in [-0.15, -0.1) is 0 Å². The fraction of sp³-hybridized carbons (Fsp3) is 0.818. The highest BCUT2D eigenvalue weighted by Gasteiger charge is 2.24. The maximum Gasteiger partial charge on any atom is 0.334 e. The number of piperidine rings is 1. The van der Waals surface area contributed by atoms with Crippen LogP contribution in [0, 0.1) is 0 Å². The van der Waals surface area contributed by atoms with E-state index in [1.54, 1.807) is 4.90 Å². The summed E-state index contributed by atoms with van der Waals surface area (Å²) in [4.78, 5) is 24.0. The van der Waals surface area contributed by atoms with Crippen LogP contribution in [0.3, 0.4) is 0 Å². The molecule has 0 bridgehead atoms. The molecule has 1 aliphatic rings. The van der Waals surface area contributed by atoms with Gasteiger partial charge < -0.3 is 25.7 Å². The van der Waals surface area contributed by atoms with Gasteiger partial charge in [0.15, 0.2) is 6.10 Å². The normalized spacial score (nSPS) is 18.1. The molecular formula is C11H21N3O4. The van der Waals surface area contributed by atoms with Crippen LogP contribution in [0.2, 0.25) is 0 Å². The highest BCUT2D eigenvalue weighted by molar-refractivity contribution is 5.77. The van der Waals surface area contributed by atoms with Gasteiger partial charge in [0.05, 0.1) is 6.54 Å². The van der Waals surface area contributed by atoms with Crippen LogP contribution in [-0.4, -0.2) is 65.4 Å². The SMILES string of the molecule is CCN(C(=O)NCC(O)C(=O)O)C1CCNCC1. The van der Waals surface area contributed by atoms with E-state index >= 15 is 0 Å². The number of carbonyl (C=O) groups is 2. The number of aliphatic carboxylic acids is 1. The first-order chi connectivity index (χ1) is 8.56. The molecule has 1 atom stereocenters. The summed E-state index contributed by atoms with van der Waals surface area (Å²) in [6.07, 6.45) is 0.228. The van der Waals surface area contributed by atoms with Gasteiger partial charge in [0.1, 0.15) is 0 Å². The minimum absolute atomic E-state index is 0.179. The maximum atomic E-state index is 11.9. The Hall–Kier alpha value is -1.34. The predicted octanol–water partition coefficient (Wildman–Crippen LogP) is -0.785. The van der Waals surface area contributed by atoms with Crippen molar-refractivity contribution in [1.82, 2.24) is 15.5 Å². The van der Waals surface area contributed by atoms with Crippen molar-refractivity contribution in [2.24, 2.45) is 0 Å². The number of hydrogen-bond donors (Lipinski definition) is 4. The number of aliphatic hydroxyl groups excluding tert-OH is 1. The molecule has 0 radical (unpaired) electrons. The lowest BCUT2D eigenvalue weighted by molar-refractivity contribution is -0.146. The van der Waals surface area contributed by atoms with Crippen molar-refractivity contribution in [1.29, 1.82) is 0 Å². The third-order valence-corrected chi connectivity index (χ3v) is 3.08. The largest absolute Gasteiger partial charge is 0.479 e. The van der Waals surface area contributed by atoms with E-state index in [1.807, 2.05) is 6.92 Å². The van der Waals surface area contributed by atoms with E-state index in [4.69, 9.17) is 10.2 Å². The van der Waals surface area contributed by atoms with Crippen LogP contribution < -0.4 is 10.6 Å². The highest BCUT2D eigenvalue weighted by Crippen LogP contribution is 2.11. The third kappa shape index (κ3) is 4.15. The third-order valence-electron chi connectivity index (χ3n) is 3.08. The van der Waals surface area contributed by atoms with E-state index < -0.39 is 12.1 Å². The van der Waals surface area contributed by atoms with Gasteiger partial charge in [0.25, 0.3) is 0 Å². The minimum Gasteiger partial charge on any atom is -0.479 e. The molecule has 2 amide bonds. The zero-order valence-electron chi connectivity index (χ0n) is 10.6. The molecule has 1 fully saturated rings. The standard InChI is InChI=1S/C11H21N3O4/c1-2-14(8-3-5-12-6-4-8)11(18)13-7-9(15)10(16)17/h8-9,12,15H,2-7H2,1H3,(H,13,18)(H,16,17). The van der Waals surface area contributed by atoms with Crippen LogP contribution in [0.5, 0.6) is 0 Å². The summed E-state index contributed by atoms with van der Waals surface area (Å²) >= 11 is 0. The van der Waals surface area contributed by atoms with E-state index in [1.165, 1.54) is 0 Å². The van der Waals surface area contributed by atoms with Crippen LogP contribution >= 0.6 is 0 Å². The van der Waals surface area contributed by atoms with Crippen molar-refractivity contribution < 1.29 is 19.8 Å². The van der Waals surface area contributed by atoms with Crippen LogP contribution in [-0.2, 0) is 4.79 Å². The fourth-order valence-electron chi connectivity index (χ4n) is 2.06.